The molecule has 172 valence electrons. The normalized spacial score (nSPS) is 15.6. The van der Waals surface area contributed by atoms with Crippen molar-refractivity contribution in [2.24, 2.45) is 5.73 Å². The molecule has 31 heavy (non-hydrogen) atoms. The number of carboxylic acid groups (broad SMARTS) is 1. The van der Waals surface area contributed by atoms with Crippen LogP contribution in [0, 0.1) is 0 Å². The molecule has 0 aliphatic rings. The van der Waals surface area contributed by atoms with Gasteiger partial charge in [0.05, 0.1) is 18.8 Å². The number of nitrogens with one attached hydrogen (secondary N) is 3. The number of aliphatic hydroxyl groups is 2. The monoisotopic (exact) mass is 440 g/mol. The molecule has 0 bridgehead atoms. The minimum Gasteiger partial charge on any atom is -0.508 e. The number of carbonyl (C=O) groups is 4. The van der Waals surface area contributed by atoms with Gasteiger partial charge in [0.2, 0.25) is 17.7 Å². The fraction of sp³-hybridized carbons (Fsp3) is 0.474. The summed E-state index contributed by atoms with van der Waals surface area (Å²) >= 11 is 0. The Balaban J connectivity index is 2.64. The van der Waals surface area contributed by atoms with E-state index in [4.69, 9.17) is 10.8 Å². The number of amides is 3. The van der Waals surface area contributed by atoms with E-state index >= 15 is 0 Å². The molecule has 0 radical (unpaired) electrons. The van der Waals surface area contributed by atoms with Crippen LogP contribution < -0.4 is 21.7 Å². The number of hydrogen-bond acceptors (Lipinski definition) is 8. The molecule has 0 aliphatic heterocycles. The van der Waals surface area contributed by atoms with Crippen LogP contribution in [0.2, 0.25) is 0 Å². The maximum atomic E-state index is 12.3. The van der Waals surface area contributed by atoms with Crippen LogP contribution in [0.5, 0.6) is 5.75 Å². The lowest BCUT2D eigenvalue weighted by Gasteiger charge is -2.23. The van der Waals surface area contributed by atoms with Crippen LogP contribution in [-0.4, -0.2) is 81.0 Å². The van der Waals surface area contributed by atoms with Gasteiger partial charge in [0.1, 0.15) is 17.8 Å². The number of hydrogen-bond donors (Lipinski definition) is 8. The van der Waals surface area contributed by atoms with Crippen molar-refractivity contribution in [2.45, 2.75) is 50.5 Å². The highest BCUT2D eigenvalue weighted by atomic mass is 16.4. The number of phenols is 1. The molecule has 5 atom stereocenters. The standard InChI is InChI=1S/C19H28N4O8/c1-9(16(27)23-15(10(2)25)19(30)31)21-18(29)14(8-24)22-17(28)13(20)7-11-3-5-12(26)6-4-11/h3-6,9-10,13-15,24-26H,7-8,20H2,1-2H3,(H,21,29)(H,22,28)(H,23,27)(H,30,31). The summed E-state index contributed by atoms with van der Waals surface area (Å²) in [5.41, 5.74) is 6.49. The maximum Gasteiger partial charge on any atom is 0.328 e. The van der Waals surface area contributed by atoms with Crippen LogP contribution in [0.3, 0.4) is 0 Å². The van der Waals surface area contributed by atoms with E-state index in [-0.39, 0.29) is 12.2 Å². The number of carbonyl (C=O) groups excluding carboxylic acids is 3. The zero-order valence-electron chi connectivity index (χ0n) is 17.1. The smallest absolute Gasteiger partial charge is 0.328 e. The minimum absolute atomic E-state index is 0.0556. The van der Waals surface area contributed by atoms with Crippen molar-refractivity contribution in [3.05, 3.63) is 29.8 Å². The summed E-state index contributed by atoms with van der Waals surface area (Å²) in [6.07, 6.45) is -1.26. The molecule has 5 unspecified atom stereocenters. The van der Waals surface area contributed by atoms with Gasteiger partial charge in [0.25, 0.3) is 0 Å². The number of aliphatic hydroxyl groups excluding tert-OH is 2. The predicted molar refractivity (Wildman–Crippen MR) is 108 cm³/mol. The lowest BCUT2D eigenvalue weighted by atomic mass is 10.1. The Morgan fingerprint density at radius 3 is 2.03 bits per heavy atom. The molecular formula is C19H28N4O8. The molecule has 0 spiro atoms. The first-order valence-corrected chi connectivity index (χ1v) is 9.42. The van der Waals surface area contributed by atoms with Crippen LogP contribution >= 0.6 is 0 Å². The van der Waals surface area contributed by atoms with Crippen molar-refractivity contribution in [1.29, 1.82) is 0 Å². The third-order valence-corrected chi connectivity index (χ3v) is 4.34. The summed E-state index contributed by atoms with van der Waals surface area (Å²) in [7, 11) is 0. The van der Waals surface area contributed by atoms with Gasteiger partial charge in [-0.2, -0.15) is 0 Å². The Bertz CT molecular complexity index is 784. The molecule has 0 saturated carbocycles. The number of benzene rings is 1. The highest BCUT2D eigenvalue weighted by molar-refractivity contribution is 5.94. The van der Waals surface area contributed by atoms with Crippen molar-refractivity contribution in [3.8, 4) is 5.75 Å². The van der Waals surface area contributed by atoms with Crippen molar-refractivity contribution in [3.63, 3.8) is 0 Å². The molecule has 0 saturated heterocycles. The average Bonchev–Trinajstić information content (AvgIpc) is 2.70. The molecule has 12 heteroatoms. The van der Waals surface area contributed by atoms with Gasteiger partial charge in [-0.3, -0.25) is 14.4 Å². The number of carboxylic acids is 1. The van der Waals surface area contributed by atoms with E-state index < -0.39 is 60.6 Å². The first kappa shape index (κ1) is 25.8. The quantitative estimate of drug-likeness (QED) is 0.178. The van der Waals surface area contributed by atoms with E-state index in [0.717, 1.165) is 0 Å². The van der Waals surface area contributed by atoms with Crippen LogP contribution in [0.25, 0.3) is 0 Å². The Labute approximate surface area is 178 Å². The number of aromatic hydroxyl groups is 1. The van der Waals surface area contributed by atoms with Gasteiger partial charge in [-0.15, -0.1) is 0 Å². The van der Waals surface area contributed by atoms with E-state index in [1.165, 1.54) is 26.0 Å². The number of nitrogens with two attached hydrogens (primary N) is 1. The van der Waals surface area contributed by atoms with Gasteiger partial charge in [-0.25, -0.2) is 4.79 Å². The highest BCUT2D eigenvalue weighted by Gasteiger charge is 2.29. The predicted octanol–water partition coefficient (Wildman–Crippen LogP) is -2.81. The molecule has 0 fully saturated rings. The number of rotatable bonds is 11. The second-order valence-corrected chi connectivity index (χ2v) is 7.02. The lowest BCUT2D eigenvalue weighted by Crippen LogP contribution is -2.58. The van der Waals surface area contributed by atoms with Crippen LogP contribution in [0.15, 0.2) is 24.3 Å². The molecular weight excluding hydrogens is 412 g/mol. The largest absolute Gasteiger partial charge is 0.508 e. The van der Waals surface area contributed by atoms with Gasteiger partial charge >= 0.3 is 5.97 Å². The fourth-order valence-corrected chi connectivity index (χ4v) is 2.50. The first-order chi connectivity index (χ1) is 14.5. The molecule has 1 aromatic rings. The van der Waals surface area contributed by atoms with E-state index in [0.29, 0.717) is 5.56 Å². The number of phenolic OH excluding ortho intramolecular Hbond substituents is 1. The summed E-state index contributed by atoms with van der Waals surface area (Å²) in [5, 5.41) is 43.7. The van der Waals surface area contributed by atoms with Gasteiger partial charge in [-0.1, -0.05) is 12.1 Å². The van der Waals surface area contributed by atoms with Crippen molar-refractivity contribution >= 4 is 23.7 Å². The van der Waals surface area contributed by atoms with Crippen molar-refractivity contribution in [2.75, 3.05) is 6.61 Å². The Morgan fingerprint density at radius 1 is 0.968 bits per heavy atom. The fourth-order valence-electron chi connectivity index (χ4n) is 2.50. The first-order valence-electron chi connectivity index (χ1n) is 9.42. The summed E-state index contributed by atoms with van der Waals surface area (Å²) < 4.78 is 0. The molecule has 1 aromatic carbocycles. The van der Waals surface area contributed by atoms with Crippen molar-refractivity contribution < 1.29 is 39.6 Å². The highest BCUT2D eigenvalue weighted by Crippen LogP contribution is 2.11. The summed E-state index contributed by atoms with van der Waals surface area (Å²) in [6, 6.07) is 0.789. The van der Waals surface area contributed by atoms with Crippen LogP contribution in [-0.2, 0) is 25.6 Å². The van der Waals surface area contributed by atoms with Crippen LogP contribution in [0.4, 0.5) is 0 Å². The van der Waals surface area contributed by atoms with E-state index in [1.54, 1.807) is 12.1 Å². The SMILES string of the molecule is CC(NC(=O)C(CO)NC(=O)C(N)Cc1ccc(O)cc1)C(=O)NC(C(=O)O)C(C)O. The molecule has 0 aliphatic carbocycles. The van der Waals surface area contributed by atoms with E-state index in [9.17, 15) is 34.5 Å². The molecule has 3 amide bonds. The van der Waals surface area contributed by atoms with E-state index in [1.807, 2.05) is 0 Å². The summed E-state index contributed by atoms with van der Waals surface area (Å²) in [4.78, 5) is 47.7. The molecule has 12 nitrogen and oxygen atoms in total. The third kappa shape index (κ3) is 8.20. The molecule has 0 aromatic heterocycles. The second-order valence-electron chi connectivity index (χ2n) is 7.02. The van der Waals surface area contributed by atoms with Gasteiger partial charge < -0.3 is 42.1 Å². The Kier molecular flexibility index (Phi) is 9.86. The maximum absolute atomic E-state index is 12.3. The molecule has 9 N–H and O–H groups in total. The van der Waals surface area contributed by atoms with Gasteiger partial charge in [0, 0.05) is 0 Å². The third-order valence-electron chi connectivity index (χ3n) is 4.34. The zero-order valence-corrected chi connectivity index (χ0v) is 17.1. The Hall–Kier alpha value is -3.22. The molecule has 1 rings (SSSR count). The second kappa shape index (κ2) is 11.8. The minimum atomic E-state index is -1.57. The topological polar surface area (TPSA) is 211 Å². The summed E-state index contributed by atoms with van der Waals surface area (Å²) in [5.74, 6) is -3.89. The number of aliphatic carboxylic acids is 1. The Morgan fingerprint density at radius 2 is 1.55 bits per heavy atom. The van der Waals surface area contributed by atoms with Crippen molar-refractivity contribution in [1.82, 2.24) is 16.0 Å². The average molecular weight is 440 g/mol. The zero-order chi connectivity index (χ0) is 23.7. The van der Waals surface area contributed by atoms with Gasteiger partial charge in [-0.05, 0) is 38.0 Å². The van der Waals surface area contributed by atoms with E-state index in [2.05, 4.69) is 16.0 Å². The molecule has 0 heterocycles. The summed E-state index contributed by atoms with van der Waals surface area (Å²) in [6.45, 7) is 1.67. The van der Waals surface area contributed by atoms with Crippen LogP contribution in [0.1, 0.15) is 19.4 Å². The lowest BCUT2D eigenvalue weighted by molar-refractivity contribution is -0.145. The van der Waals surface area contributed by atoms with Gasteiger partial charge in [0.15, 0.2) is 6.04 Å².